The number of ether oxygens (including phenoxy) is 7. The molecule has 19 heteroatoms. The molecule has 6 rings (SSSR count). The van der Waals surface area contributed by atoms with Gasteiger partial charge in [-0.25, -0.2) is 9.36 Å². The molecule has 0 aliphatic carbocycles. The Labute approximate surface area is 291 Å². The second-order valence-corrected chi connectivity index (χ2v) is 12.0. The largest absolute Gasteiger partial charge is 0.497 e. The van der Waals surface area contributed by atoms with Crippen molar-refractivity contribution in [3.05, 3.63) is 48.8 Å². The van der Waals surface area contributed by atoms with Gasteiger partial charge in [-0.15, -0.1) is 10.2 Å². The number of nitrogens with zero attached hydrogens (tertiary/aromatic N) is 6. The number of benzene rings is 2. The minimum absolute atomic E-state index is 0.134. The first-order valence-corrected chi connectivity index (χ1v) is 15.8. The van der Waals surface area contributed by atoms with E-state index in [-0.39, 0.29) is 13.1 Å². The molecule has 2 saturated heterocycles. The topological polar surface area (TPSA) is 247 Å². The van der Waals surface area contributed by atoms with E-state index in [1.54, 1.807) is 48.8 Å². The highest BCUT2D eigenvalue weighted by molar-refractivity contribution is 5.63. The van der Waals surface area contributed by atoms with E-state index < -0.39 is 61.4 Å². The Kier molecular flexibility index (Phi) is 11.0. The van der Waals surface area contributed by atoms with Crippen LogP contribution in [0, 0.1) is 0 Å². The van der Waals surface area contributed by atoms with Crippen LogP contribution in [-0.4, -0.2) is 150 Å². The molecule has 0 radical (unpaired) electrons. The van der Waals surface area contributed by atoms with Crippen LogP contribution in [0.5, 0.6) is 23.0 Å². The summed E-state index contributed by atoms with van der Waals surface area (Å²) < 4.78 is 41.4. The predicted molar refractivity (Wildman–Crippen MR) is 172 cm³/mol. The fraction of sp³-hybridized carbons (Fsp3) is 0.500. The Morgan fingerprint density at radius 3 is 1.22 bits per heavy atom. The number of aromatic nitrogens is 6. The summed E-state index contributed by atoms with van der Waals surface area (Å²) in [6.07, 6.45) is -12.7. The van der Waals surface area contributed by atoms with Crippen LogP contribution in [0.3, 0.4) is 0 Å². The average molecular weight is 717 g/mol. The first kappa shape index (κ1) is 36.4. The molecule has 2 aromatic carbocycles. The Hall–Kier alpha value is -4.44. The summed E-state index contributed by atoms with van der Waals surface area (Å²) in [7, 11) is 6.07. The van der Waals surface area contributed by atoms with Crippen LogP contribution in [0.1, 0.15) is 0 Å². The standard InChI is InChI=1S/C32H40N6O13/c1-45-17-5-15(6-18(9-17)46-2)21-11-37(35-33-21)13-23-25(39)27(41)29(43)31(49-23)51-32-30(44)28(42)26(40)24(50-32)14-38-12-22(34-36-38)16-7-19(47-3)10-20(8-16)48-4/h5-12,23-32,39-44H,13-14H2,1-4H3/t23?,24?,25-,26-,27?,28?,29?,30?,31-,32-/m1/s1. The summed E-state index contributed by atoms with van der Waals surface area (Å²) in [5, 5.41) is 81.0. The van der Waals surface area contributed by atoms with Crippen molar-refractivity contribution in [3.63, 3.8) is 0 Å². The summed E-state index contributed by atoms with van der Waals surface area (Å²) in [5.41, 5.74) is 2.18. The van der Waals surface area contributed by atoms with Crippen molar-refractivity contribution in [1.82, 2.24) is 30.0 Å². The van der Waals surface area contributed by atoms with Crippen LogP contribution in [0.25, 0.3) is 22.5 Å². The van der Waals surface area contributed by atoms with Crippen LogP contribution < -0.4 is 18.9 Å². The maximum Gasteiger partial charge on any atom is 0.189 e. The second-order valence-electron chi connectivity index (χ2n) is 12.0. The SMILES string of the molecule is COc1cc(OC)cc(-c2cn(CC3O[C@H](O[C@H]4OC(Cn5cc(-c6cc(OC)cc(OC)c6)nn5)[C@@H](O)C(O)C4O)C(O)C(O)[C@@H]3O)nn2)c1. The smallest absolute Gasteiger partial charge is 0.189 e. The molecule has 0 amide bonds. The van der Waals surface area contributed by atoms with E-state index in [0.717, 1.165) is 0 Å². The molecule has 4 heterocycles. The maximum absolute atomic E-state index is 10.8. The normalized spacial score (nSPS) is 29.5. The van der Waals surface area contributed by atoms with Crippen LogP contribution in [-0.2, 0) is 27.3 Å². The molecular weight excluding hydrogens is 676 g/mol. The van der Waals surface area contributed by atoms with Gasteiger partial charge in [-0.3, -0.25) is 0 Å². The summed E-state index contributed by atoms with van der Waals surface area (Å²) in [5.74, 6) is 2.15. The van der Waals surface area contributed by atoms with E-state index in [9.17, 15) is 30.6 Å². The van der Waals surface area contributed by atoms with Crippen molar-refractivity contribution in [2.24, 2.45) is 0 Å². The molecular formula is C32H40N6O13. The minimum atomic E-state index is -1.79. The molecule has 10 atom stereocenters. The number of hydrogen-bond donors (Lipinski definition) is 6. The molecule has 276 valence electrons. The Balaban J connectivity index is 1.14. The average Bonchev–Trinajstić information content (AvgIpc) is 3.83. The minimum Gasteiger partial charge on any atom is -0.497 e. The van der Waals surface area contributed by atoms with Gasteiger partial charge in [0.1, 0.15) is 83.2 Å². The van der Waals surface area contributed by atoms with E-state index in [1.165, 1.54) is 37.8 Å². The molecule has 6 unspecified atom stereocenters. The van der Waals surface area contributed by atoms with Gasteiger partial charge in [0, 0.05) is 23.3 Å². The number of hydrogen-bond acceptors (Lipinski definition) is 17. The van der Waals surface area contributed by atoms with Gasteiger partial charge in [0.2, 0.25) is 0 Å². The molecule has 4 aromatic rings. The third kappa shape index (κ3) is 7.76. The fourth-order valence-electron chi connectivity index (χ4n) is 5.81. The summed E-state index contributed by atoms with van der Waals surface area (Å²) in [6.45, 7) is -0.268. The maximum atomic E-state index is 10.8. The summed E-state index contributed by atoms with van der Waals surface area (Å²) in [6, 6.07) is 10.4. The Bertz CT molecular complexity index is 1600. The monoisotopic (exact) mass is 716 g/mol. The second kappa shape index (κ2) is 15.4. The van der Waals surface area contributed by atoms with E-state index in [4.69, 9.17) is 33.2 Å². The molecule has 6 N–H and O–H groups in total. The zero-order valence-corrected chi connectivity index (χ0v) is 28.0. The van der Waals surface area contributed by atoms with Crippen molar-refractivity contribution < 1.29 is 63.8 Å². The Morgan fingerprint density at radius 2 is 0.882 bits per heavy atom. The van der Waals surface area contributed by atoms with Crippen LogP contribution >= 0.6 is 0 Å². The number of aliphatic hydroxyl groups excluding tert-OH is 6. The van der Waals surface area contributed by atoms with Gasteiger partial charge in [-0.1, -0.05) is 10.4 Å². The molecule has 51 heavy (non-hydrogen) atoms. The summed E-state index contributed by atoms with van der Waals surface area (Å²) >= 11 is 0. The lowest BCUT2D eigenvalue weighted by molar-refractivity contribution is -0.375. The van der Waals surface area contributed by atoms with Crippen molar-refractivity contribution >= 4 is 0 Å². The lowest BCUT2D eigenvalue weighted by Crippen LogP contribution is -2.63. The van der Waals surface area contributed by atoms with Crippen LogP contribution in [0.4, 0.5) is 0 Å². The van der Waals surface area contributed by atoms with E-state index in [1.807, 2.05) is 0 Å². The van der Waals surface area contributed by atoms with Crippen molar-refractivity contribution in [1.29, 1.82) is 0 Å². The molecule has 2 fully saturated rings. The van der Waals surface area contributed by atoms with Gasteiger partial charge >= 0.3 is 0 Å². The number of aliphatic hydroxyl groups is 6. The van der Waals surface area contributed by atoms with Crippen molar-refractivity contribution in [2.45, 2.75) is 74.5 Å². The molecule has 2 aliphatic heterocycles. The van der Waals surface area contributed by atoms with Gasteiger partial charge in [0.15, 0.2) is 12.6 Å². The zero-order chi connectivity index (χ0) is 36.4. The van der Waals surface area contributed by atoms with Crippen molar-refractivity contribution in [3.8, 4) is 45.5 Å². The lowest BCUT2D eigenvalue weighted by atomic mass is 9.97. The van der Waals surface area contributed by atoms with E-state index in [2.05, 4.69) is 20.6 Å². The quantitative estimate of drug-likeness (QED) is 0.0984. The van der Waals surface area contributed by atoms with E-state index >= 15 is 0 Å². The third-order valence-corrected chi connectivity index (χ3v) is 8.71. The molecule has 2 aromatic heterocycles. The van der Waals surface area contributed by atoms with Gasteiger partial charge in [-0.2, -0.15) is 0 Å². The molecule has 2 aliphatic rings. The van der Waals surface area contributed by atoms with Gasteiger partial charge < -0.3 is 63.8 Å². The molecule has 0 spiro atoms. The lowest BCUT2D eigenvalue weighted by Gasteiger charge is -2.45. The highest BCUT2D eigenvalue weighted by Crippen LogP contribution is 2.32. The third-order valence-electron chi connectivity index (χ3n) is 8.71. The van der Waals surface area contributed by atoms with Crippen LogP contribution in [0.15, 0.2) is 48.8 Å². The molecule has 0 saturated carbocycles. The molecule has 19 nitrogen and oxygen atoms in total. The highest BCUT2D eigenvalue weighted by Gasteiger charge is 2.50. The van der Waals surface area contributed by atoms with Gasteiger partial charge in [-0.05, 0) is 24.3 Å². The molecule has 0 bridgehead atoms. The van der Waals surface area contributed by atoms with Crippen LogP contribution in [0.2, 0.25) is 0 Å². The van der Waals surface area contributed by atoms with E-state index in [0.29, 0.717) is 45.5 Å². The van der Waals surface area contributed by atoms with Gasteiger partial charge in [0.05, 0.1) is 53.9 Å². The fourth-order valence-corrected chi connectivity index (χ4v) is 5.81. The Morgan fingerprint density at radius 1 is 0.529 bits per heavy atom. The zero-order valence-electron chi connectivity index (χ0n) is 28.0. The first-order chi connectivity index (χ1) is 24.5. The predicted octanol–water partition coefficient (Wildman–Crippen LogP) is -1.43. The number of rotatable bonds is 12. The van der Waals surface area contributed by atoms with Crippen molar-refractivity contribution in [2.75, 3.05) is 28.4 Å². The number of methoxy groups -OCH3 is 4. The highest BCUT2D eigenvalue weighted by atomic mass is 16.8. The summed E-state index contributed by atoms with van der Waals surface area (Å²) in [4.78, 5) is 0. The first-order valence-electron chi connectivity index (χ1n) is 15.8. The van der Waals surface area contributed by atoms with Gasteiger partial charge in [0.25, 0.3) is 0 Å².